The van der Waals surface area contributed by atoms with E-state index in [2.05, 4.69) is 0 Å². The quantitative estimate of drug-likeness (QED) is 0.539. The smallest absolute Gasteiger partial charge is 0.338 e. The summed E-state index contributed by atoms with van der Waals surface area (Å²) in [4.78, 5) is 39.6. The van der Waals surface area contributed by atoms with E-state index in [0.29, 0.717) is 18.8 Å². The number of likely N-dealkylation sites (tertiary alicyclic amines) is 1. The minimum absolute atomic E-state index is 0. The Kier molecular flexibility index (Phi) is 8.74. The molecule has 1 aliphatic heterocycles. The second-order valence-electron chi connectivity index (χ2n) is 9.87. The summed E-state index contributed by atoms with van der Waals surface area (Å²) in [5.41, 5.74) is 12.4. The fourth-order valence-electron chi connectivity index (χ4n) is 5.92. The number of aromatic carboxylic acids is 1. The van der Waals surface area contributed by atoms with Crippen LogP contribution in [0.25, 0.3) is 0 Å². The molecule has 2 unspecified atom stereocenters. The molecule has 0 radical (unpaired) electrons. The van der Waals surface area contributed by atoms with Crippen molar-refractivity contribution in [2.75, 3.05) is 6.54 Å². The number of carboxylic acid groups (broad SMARTS) is 1. The topological polar surface area (TPSA) is 127 Å². The molecule has 194 valence electrons. The van der Waals surface area contributed by atoms with Crippen molar-refractivity contribution in [3.05, 3.63) is 71.0 Å². The van der Waals surface area contributed by atoms with E-state index in [4.69, 9.17) is 11.5 Å². The zero-order valence-corrected chi connectivity index (χ0v) is 21.0. The number of nitrogens with zero attached hydrogens (tertiary/aromatic N) is 1. The van der Waals surface area contributed by atoms with Gasteiger partial charge in [-0.2, -0.15) is 0 Å². The fraction of sp³-hybridized carbons (Fsp3) is 0.444. The first-order valence-electron chi connectivity index (χ1n) is 12.1. The molecule has 0 aromatic heterocycles. The maximum absolute atomic E-state index is 15.4. The standard InChI is InChI=1S/C27H32FN3O4.ClH/c1-15(29)16-10-12-18(13-11-16)26(33)31-14-21(19-8-5-9-20(23(19)28)27(34)35)22(24(31)25(30)32)17-6-3-2-4-7-17;/h2-9,15-16,18,21-22,24H,10-14,29H2,1H3,(H2,30,32)(H,34,35);1H/t15?,16-,18-,21?,22-,24+;/m1./s1. The van der Waals surface area contributed by atoms with Crippen LogP contribution in [0.3, 0.4) is 0 Å². The highest BCUT2D eigenvalue weighted by atomic mass is 35.5. The molecule has 4 atom stereocenters. The summed E-state index contributed by atoms with van der Waals surface area (Å²) in [5.74, 6) is -4.15. The number of benzene rings is 2. The molecule has 1 saturated carbocycles. The molecular formula is C27H33ClFN3O4. The molecule has 36 heavy (non-hydrogen) atoms. The Labute approximate surface area is 216 Å². The highest BCUT2D eigenvalue weighted by Crippen LogP contribution is 2.46. The number of primary amides is 1. The zero-order valence-electron chi connectivity index (χ0n) is 20.2. The van der Waals surface area contributed by atoms with Crippen LogP contribution in [-0.4, -0.2) is 46.4 Å². The van der Waals surface area contributed by atoms with Crippen LogP contribution in [0.5, 0.6) is 0 Å². The molecule has 2 amide bonds. The number of carbonyl (C=O) groups is 3. The lowest BCUT2D eigenvalue weighted by atomic mass is 9.78. The van der Waals surface area contributed by atoms with E-state index in [1.807, 2.05) is 37.3 Å². The maximum Gasteiger partial charge on any atom is 0.338 e. The SMILES string of the molecule is CC(N)[C@H]1CC[C@H](C(=O)N2CC(c3cccc(C(=O)O)c3F)[C@@H](c3ccccc3)[C@H]2C(N)=O)CC1.Cl. The molecule has 4 rings (SSSR count). The lowest BCUT2D eigenvalue weighted by Gasteiger charge is -2.34. The molecule has 2 aliphatic rings. The maximum atomic E-state index is 15.4. The van der Waals surface area contributed by atoms with Crippen LogP contribution in [0.2, 0.25) is 0 Å². The Hall–Kier alpha value is -2.97. The molecule has 7 nitrogen and oxygen atoms in total. The Morgan fingerprint density at radius 2 is 1.67 bits per heavy atom. The van der Waals surface area contributed by atoms with Crippen LogP contribution in [0, 0.1) is 17.7 Å². The second-order valence-corrected chi connectivity index (χ2v) is 9.87. The molecule has 5 N–H and O–H groups in total. The Bertz CT molecular complexity index is 1110. The second kappa shape index (κ2) is 11.4. The molecule has 1 aliphatic carbocycles. The number of halogens is 2. The van der Waals surface area contributed by atoms with Gasteiger partial charge in [-0.1, -0.05) is 42.5 Å². The fourth-order valence-corrected chi connectivity index (χ4v) is 5.92. The molecule has 9 heteroatoms. The molecular weight excluding hydrogens is 485 g/mol. The molecule has 1 saturated heterocycles. The summed E-state index contributed by atoms with van der Waals surface area (Å²) >= 11 is 0. The van der Waals surface area contributed by atoms with Crippen LogP contribution in [0.15, 0.2) is 48.5 Å². The van der Waals surface area contributed by atoms with Crippen LogP contribution in [-0.2, 0) is 9.59 Å². The summed E-state index contributed by atoms with van der Waals surface area (Å²) in [7, 11) is 0. The third kappa shape index (κ3) is 5.25. The van der Waals surface area contributed by atoms with E-state index < -0.39 is 41.1 Å². The molecule has 0 bridgehead atoms. The summed E-state index contributed by atoms with van der Waals surface area (Å²) < 4.78 is 15.4. The summed E-state index contributed by atoms with van der Waals surface area (Å²) in [5, 5.41) is 9.44. The van der Waals surface area contributed by atoms with E-state index in [1.54, 1.807) is 0 Å². The van der Waals surface area contributed by atoms with Crippen LogP contribution in [0.1, 0.15) is 65.9 Å². The van der Waals surface area contributed by atoms with Crippen LogP contribution >= 0.6 is 12.4 Å². The zero-order chi connectivity index (χ0) is 25.3. The third-order valence-electron chi connectivity index (χ3n) is 7.79. The Balaban J connectivity index is 0.00000361. The van der Waals surface area contributed by atoms with Crippen molar-refractivity contribution in [3.63, 3.8) is 0 Å². The van der Waals surface area contributed by atoms with Crippen LogP contribution in [0.4, 0.5) is 4.39 Å². The first kappa shape index (κ1) is 27.6. The largest absolute Gasteiger partial charge is 0.478 e. The molecule has 0 spiro atoms. The van der Waals surface area contributed by atoms with Gasteiger partial charge in [-0.05, 0) is 55.7 Å². The third-order valence-corrected chi connectivity index (χ3v) is 7.79. The lowest BCUT2D eigenvalue weighted by molar-refractivity contribution is -0.142. The van der Waals surface area contributed by atoms with Gasteiger partial charge in [0, 0.05) is 30.3 Å². The lowest BCUT2D eigenvalue weighted by Crippen LogP contribution is -2.48. The average Bonchev–Trinajstić information content (AvgIpc) is 3.25. The van der Waals surface area contributed by atoms with Gasteiger partial charge in [0.15, 0.2) is 0 Å². The normalized spacial score (nSPS) is 26.6. The van der Waals surface area contributed by atoms with Crippen molar-refractivity contribution in [2.24, 2.45) is 23.3 Å². The van der Waals surface area contributed by atoms with Gasteiger partial charge in [-0.3, -0.25) is 9.59 Å². The first-order chi connectivity index (χ1) is 16.7. The van der Waals surface area contributed by atoms with Crippen molar-refractivity contribution in [3.8, 4) is 0 Å². The minimum Gasteiger partial charge on any atom is -0.478 e. The van der Waals surface area contributed by atoms with Crippen molar-refractivity contribution in [1.82, 2.24) is 4.90 Å². The summed E-state index contributed by atoms with van der Waals surface area (Å²) in [6.07, 6.45) is 3.03. The van der Waals surface area contributed by atoms with Gasteiger partial charge in [0.05, 0.1) is 5.56 Å². The predicted molar refractivity (Wildman–Crippen MR) is 136 cm³/mol. The minimum atomic E-state index is -1.37. The Morgan fingerprint density at radius 1 is 1.03 bits per heavy atom. The molecule has 2 aromatic rings. The van der Waals surface area contributed by atoms with Gasteiger partial charge in [-0.25, -0.2) is 9.18 Å². The highest BCUT2D eigenvalue weighted by molar-refractivity contribution is 5.90. The van der Waals surface area contributed by atoms with Gasteiger partial charge < -0.3 is 21.5 Å². The van der Waals surface area contributed by atoms with E-state index in [1.165, 1.54) is 23.1 Å². The summed E-state index contributed by atoms with van der Waals surface area (Å²) in [6.45, 7) is 2.06. The number of amides is 2. The van der Waals surface area contributed by atoms with Gasteiger partial charge in [-0.15, -0.1) is 12.4 Å². The van der Waals surface area contributed by atoms with E-state index in [9.17, 15) is 19.5 Å². The van der Waals surface area contributed by atoms with Crippen molar-refractivity contribution in [1.29, 1.82) is 0 Å². The number of carbonyl (C=O) groups excluding carboxylic acids is 2. The number of hydrogen-bond donors (Lipinski definition) is 3. The molecule has 2 aromatic carbocycles. The number of nitrogens with two attached hydrogens (primary N) is 2. The van der Waals surface area contributed by atoms with E-state index >= 15 is 4.39 Å². The number of carboxylic acids is 1. The predicted octanol–water partition coefficient (Wildman–Crippen LogP) is 3.66. The van der Waals surface area contributed by atoms with Gasteiger partial charge in [0.25, 0.3) is 0 Å². The first-order valence-corrected chi connectivity index (χ1v) is 12.1. The van der Waals surface area contributed by atoms with Gasteiger partial charge >= 0.3 is 5.97 Å². The van der Waals surface area contributed by atoms with Gasteiger partial charge in [0.1, 0.15) is 11.9 Å². The monoisotopic (exact) mass is 517 g/mol. The van der Waals surface area contributed by atoms with Gasteiger partial charge in [0.2, 0.25) is 11.8 Å². The van der Waals surface area contributed by atoms with Crippen molar-refractivity contribution in [2.45, 2.75) is 56.5 Å². The number of hydrogen-bond acceptors (Lipinski definition) is 4. The summed E-state index contributed by atoms with van der Waals surface area (Å²) in [6, 6.07) is 12.4. The van der Waals surface area contributed by atoms with E-state index in [0.717, 1.165) is 18.4 Å². The van der Waals surface area contributed by atoms with E-state index in [-0.39, 0.29) is 42.4 Å². The molecule has 1 heterocycles. The highest BCUT2D eigenvalue weighted by Gasteiger charge is 2.50. The molecule has 2 fully saturated rings. The average molecular weight is 518 g/mol. The number of rotatable bonds is 6. The van der Waals surface area contributed by atoms with Crippen LogP contribution < -0.4 is 11.5 Å². The Morgan fingerprint density at radius 3 is 2.22 bits per heavy atom. The van der Waals surface area contributed by atoms with Crippen molar-refractivity contribution >= 4 is 30.2 Å². The van der Waals surface area contributed by atoms with Crippen molar-refractivity contribution < 1.29 is 23.9 Å².